The van der Waals surface area contributed by atoms with E-state index in [9.17, 15) is 14.7 Å². The maximum Gasteiger partial charge on any atom is 0.348 e. The third kappa shape index (κ3) is 3.00. The van der Waals surface area contributed by atoms with Crippen molar-refractivity contribution in [3.63, 3.8) is 0 Å². The number of aromatic nitrogens is 2. The molecular weight excluding hydrogens is 288 g/mol. The van der Waals surface area contributed by atoms with Gasteiger partial charge in [0.05, 0.1) is 5.92 Å². The van der Waals surface area contributed by atoms with Crippen LogP contribution in [0.25, 0.3) is 0 Å². The highest BCUT2D eigenvalue weighted by Gasteiger charge is 2.30. The van der Waals surface area contributed by atoms with Crippen LogP contribution in [-0.2, 0) is 4.79 Å². The first kappa shape index (κ1) is 16.1. The van der Waals surface area contributed by atoms with Crippen LogP contribution in [0.1, 0.15) is 55.1 Å². The average Bonchev–Trinajstić information content (AvgIpc) is 2.86. The highest BCUT2D eigenvalue weighted by Crippen LogP contribution is 2.36. The van der Waals surface area contributed by atoms with Crippen LogP contribution in [0.3, 0.4) is 0 Å². The van der Waals surface area contributed by atoms with Gasteiger partial charge in [0, 0.05) is 28.2 Å². The Hall–Kier alpha value is -1.30. The first-order valence-corrected chi connectivity index (χ1v) is 8.50. The van der Waals surface area contributed by atoms with Crippen LogP contribution in [0.2, 0.25) is 0 Å². The van der Waals surface area contributed by atoms with E-state index in [1.54, 1.807) is 18.4 Å². The molecule has 5 nitrogen and oxygen atoms in total. The first-order chi connectivity index (χ1) is 9.86. The summed E-state index contributed by atoms with van der Waals surface area (Å²) in [5, 5.41) is 9.84. The van der Waals surface area contributed by atoms with Crippen molar-refractivity contribution >= 4 is 17.7 Å². The zero-order chi connectivity index (χ0) is 15.7. The van der Waals surface area contributed by atoms with Gasteiger partial charge in [-0.3, -0.25) is 9.36 Å². The molecule has 0 bridgehead atoms. The van der Waals surface area contributed by atoms with Crippen molar-refractivity contribution in [3.8, 4) is 0 Å². The van der Waals surface area contributed by atoms with Crippen LogP contribution in [0.4, 0.5) is 0 Å². The summed E-state index contributed by atoms with van der Waals surface area (Å²) < 4.78 is 1.72. The molecular formula is C15H22N2O3S. The molecule has 0 saturated heterocycles. The van der Waals surface area contributed by atoms with E-state index in [0.29, 0.717) is 16.5 Å². The summed E-state index contributed by atoms with van der Waals surface area (Å²) in [5.74, 6) is -1.54. The average molecular weight is 310 g/mol. The fourth-order valence-corrected chi connectivity index (χ4v) is 4.13. The van der Waals surface area contributed by atoms with Gasteiger partial charge in [0.2, 0.25) is 0 Å². The van der Waals surface area contributed by atoms with Gasteiger partial charge in [-0.1, -0.05) is 0 Å². The second kappa shape index (κ2) is 6.22. The minimum atomic E-state index is -0.887. The van der Waals surface area contributed by atoms with Gasteiger partial charge in [-0.15, -0.1) is 0 Å². The Kier molecular flexibility index (Phi) is 4.76. The molecule has 3 atom stereocenters. The normalized spacial score (nSPS) is 23.2. The Morgan fingerprint density at radius 1 is 1.43 bits per heavy atom. The molecule has 1 aliphatic rings. The number of hydrogen-bond acceptors (Lipinski definition) is 4. The summed E-state index contributed by atoms with van der Waals surface area (Å²) in [6.07, 6.45) is 5.09. The highest BCUT2D eigenvalue weighted by atomic mass is 32.2. The summed E-state index contributed by atoms with van der Waals surface area (Å²) in [4.78, 5) is 27.7. The van der Waals surface area contributed by atoms with Gasteiger partial charge in [0.15, 0.2) is 0 Å². The predicted octanol–water partition coefficient (Wildman–Crippen LogP) is 2.50. The number of aliphatic carboxylic acids is 1. The van der Waals surface area contributed by atoms with Gasteiger partial charge in [-0.25, -0.2) is 4.79 Å². The molecule has 116 valence electrons. The van der Waals surface area contributed by atoms with E-state index in [1.165, 1.54) is 0 Å². The van der Waals surface area contributed by atoms with Crippen molar-refractivity contribution < 1.29 is 9.90 Å². The topological polar surface area (TPSA) is 72.2 Å². The molecule has 1 heterocycles. The van der Waals surface area contributed by atoms with Crippen LogP contribution in [0.15, 0.2) is 4.79 Å². The van der Waals surface area contributed by atoms with Crippen LogP contribution >= 0.6 is 11.8 Å². The Balaban J connectivity index is 2.50. The lowest BCUT2D eigenvalue weighted by Crippen LogP contribution is -2.31. The van der Waals surface area contributed by atoms with Crippen LogP contribution in [0, 0.1) is 13.8 Å². The molecule has 1 N–H and O–H groups in total. The maximum atomic E-state index is 12.3. The minimum Gasteiger partial charge on any atom is -0.481 e. The number of nitrogens with zero attached hydrogens (tertiary/aromatic N) is 2. The number of aryl methyl sites for hydroxylation is 1. The van der Waals surface area contributed by atoms with Crippen LogP contribution in [-0.4, -0.2) is 32.1 Å². The molecule has 1 aromatic heterocycles. The van der Waals surface area contributed by atoms with Gasteiger partial charge in [0.1, 0.15) is 0 Å². The summed E-state index contributed by atoms with van der Waals surface area (Å²) >= 11 is 1.83. The number of thioether (sulfide) groups is 1. The van der Waals surface area contributed by atoms with Crippen molar-refractivity contribution in [2.75, 3.05) is 6.26 Å². The molecule has 1 fully saturated rings. The number of rotatable bonds is 4. The Labute approximate surface area is 128 Å². The second-order valence-electron chi connectivity index (χ2n) is 5.73. The molecule has 1 aliphatic carbocycles. The summed E-state index contributed by atoms with van der Waals surface area (Å²) in [6.45, 7) is 5.21. The fourth-order valence-electron chi connectivity index (χ4n) is 3.34. The minimum absolute atomic E-state index is 0.141. The fraction of sp³-hybridized carbons (Fsp3) is 0.667. The van der Waals surface area contributed by atoms with Crippen molar-refractivity contribution in [2.24, 2.45) is 0 Å². The van der Waals surface area contributed by atoms with Gasteiger partial charge in [-0.05, 0) is 46.3 Å². The third-order valence-corrected chi connectivity index (χ3v) is 5.56. The lowest BCUT2D eigenvalue weighted by atomic mass is 9.97. The predicted molar refractivity (Wildman–Crippen MR) is 84.2 cm³/mol. The number of carbonyl (C=O) groups is 1. The second-order valence-corrected chi connectivity index (χ2v) is 6.87. The smallest absolute Gasteiger partial charge is 0.348 e. The molecule has 0 aliphatic heterocycles. The van der Waals surface area contributed by atoms with E-state index in [1.807, 2.05) is 18.7 Å². The number of hydrogen-bond donors (Lipinski definition) is 1. The summed E-state index contributed by atoms with van der Waals surface area (Å²) in [7, 11) is 0. The molecule has 6 heteroatoms. The molecule has 2 rings (SSSR count). The molecule has 21 heavy (non-hydrogen) atoms. The molecule has 0 aromatic carbocycles. The monoisotopic (exact) mass is 310 g/mol. The first-order valence-electron chi connectivity index (χ1n) is 7.22. The highest BCUT2D eigenvalue weighted by molar-refractivity contribution is 7.99. The van der Waals surface area contributed by atoms with E-state index in [-0.39, 0.29) is 11.7 Å². The molecule has 0 amide bonds. The van der Waals surface area contributed by atoms with E-state index < -0.39 is 11.9 Å². The summed E-state index contributed by atoms with van der Waals surface area (Å²) in [5.41, 5.74) is 1.71. The van der Waals surface area contributed by atoms with Crippen molar-refractivity contribution in [2.45, 2.75) is 57.2 Å². The van der Waals surface area contributed by atoms with Crippen LogP contribution < -0.4 is 5.69 Å². The lowest BCUT2D eigenvalue weighted by Gasteiger charge is -2.22. The molecule has 1 aromatic rings. The Bertz CT molecular complexity index is 612. The number of carboxylic acids is 1. The molecule has 3 unspecified atom stereocenters. The van der Waals surface area contributed by atoms with E-state index in [2.05, 4.69) is 11.2 Å². The van der Waals surface area contributed by atoms with E-state index >= 15 is 0 Å². The summed E-state index contributed by atoms with van der Waals surface area (Å²) in [6, 6.07) is 0.141. The van der Waals surface area contributed by atoms with Gasteiger partial charge in [0.25, 0.3) is 0 Å². The Morgan fingerprint density at radius 2 is 2.10 bits per heavy atom. The SMILES string of the molecule is CSC1CCC(n2c(C)c(C(C)C(=O)O)c(C)nc2=O)C1. The molecule has 1 saturated carbocycles. The largest absolute Gasteiger partial charge is 0.481 e. The third-order valence-electron chi connectivity index (χ3n) is 4.47. The van der Waals surface area contributed by atoms with Crippen molar-refractivity contribution in [3.05, 3.63) is 27.4 Å². The van der Waals surface area contributed by atoms with E-state index in [0.717, 1.165) is 25.0 Å². The standard InChI is InChI=1S/C15H22N2O3S/c1-8(14(18)19)13-9(2)16-15(20)17(10(13)3)11-5-6-12(7-11)21-4/h8,11-12H,5-7H2,1-4H3,(H,18,19). The van der Waals surface area contributed by atoms with Crippen LogP contribution in [0.5, 0.6) is 0 Å². The molecule has 0 radical (unpaired) electrons. The molecule has 0 spiro atoms. The zero-order valence-electron chi connectivity index (χ0n) is 12.9. The quantitative estimate of drug-likeness (QED) is 0.925. The van der Waals surface area contributed by atoms with Gasteiger partial charge >= 0.3 is 11.7 Å². The lowest BCUT2D eigenvalue weighted by molar-refractivity contribution is -0.138. The van der Waals surface area contributed by atoms with Crippen molar-refractivity contribution in [1.82, 2.24) is 9.55 Å². The maximum absolute atomic E-state index is 12.3. The van der Waals surface area contributed by atoms with Gasteiger partial charge < -0.3 is 5.11 Å². The Morgan fingerprint density at radius 3 is 2.62 bits per heavy atom. The van der Waals surface area contributed by atoms with Crippen molar-refractivity contribution in [1.29, 1.82) is 0 Å². The zero-order valence-corrected chi connectivity index (χ0v) is 13.7. The number of carboxylic acid groups (broad SMARTS) is 1. The van der Waals surface area contributed by atoms with E-state index in [4.69, 9.17) is 0 Å². The van der Waals surface area contributed by atoms with Gasteiger partial charge in [-0.2, -0.15) is 16.7 Å².